The average molecular weight is 937 g/mol. The van der Waals surface area contributed by atoms with Crippen LogP contribution in [0.25, 0.3) is 22.0 Å². The Morgan fingerprint density at radius 1 is 0.897 bits per heavy atom. The van der Waals surface area contributed by atoms with Crippen LogP contribution < -0.4 is 20.7 Å². The van der Waals surface area contributed by atoms with Gasteiger partial charge in [0.1, 0.15) is 30.0 Å². The van der Waals surface area contributed by atoms with Gasteiger partial charge in [0.05, 0.1) is 36.8 Å². The van der Waals surface area contributed by atoms with E-state index in [0.29, 0.717) is 88.2 Å². The zero-order chi connectivity index (χ0) is 48.4. The number of fused-ring (bicyclic) bond motifs is 4. The maximum absolute atomic E-state index is 14.0. The molecule has 7 rings (SSSR count). The molecule has 2 atom stereocenters. The van der Waals surface area contributed by atoms with E-state index in [2.05, 4.69) is 38.0 Å². The van der Waals surface area contributed by atoms with Crippen LogP contribution in [0.2, 0.25) is 0 Å². The van der Waals surface area contributed by atoms with Crippen molar-refractivity contribution >= 4 is 40.8 Å². The topological polar surface area (TPSA) is 196 Å². The van der Waals surface area contributed by atoms with Crippen LogP contribution >= 0.6 is 0 Å². The molecule has 3 N–H and O–H groups in total. The maximum atomic E-state index is 14.0. The highest BCUT2D eigenvalue weighted by Crippen LogP contribution is 2.44. The van der Waals surface area contributed by atoms with Gasteiger partial charge in [-0.1, -0.05) is 48.5 Å². The number of nitriles is 1. The summed E-state index contributed by atoms with van der Waals surface area (Å²) >= 11 is 0. The summed E-state index contributed by atoms with van der Waals surface area (Å²) in [4.78, 5) is 74.6. The Labute approximate surface area is 394 Å². The van der Waals surface area contributed by atoms with E-state index in [4.69, 9.17) is 14.2 Å². The largest absolute Gasteiger partial charge is 0.494 e. The number of piperazine rings is 1. The second-order valence-electron chi connectivity index (χ2n) is 18.3. The SMILES string of the molecule is CC(C)(C)OC(=O)NCCCC[C@H](NC(=O)OCC1c2ccccc2-c2ccccc21)C(=O)N1CCN(CCCOc2ccc3nccc(C(=O)NCC(=O)N4CC(F)(F)C[C@H]4C#N)c3c2)CC1. The minimum atomic E-state index is -3.17. The second kappa shape index (κ2) is 21.8. The molecule has 0 bridgehead atoms. The number of amides is 5. The number of nitrogens with zero attached hydrogens (tertiary/aromatic N) is 5. The zero-order valence-electron chi connectivity index (χ0n) is 38.6. The molecule has 4 aromatic rings. The van der Waals surface area contributed by atoms with Crippen molar-refractivity contribution in [1.29, 1.82) is 5.26 Å². The molecule has 0 saturated carbocycles. The summed E-state index contributed by atoms with van der Waals surface area (Å²) in [6.07, 6.45) is 1.65. The molecular formula is C50H58F2N8O8. The Bertz CT molecular complexity index is 2480. The first kappa shape index (κ1) is 49.0. The molecule has 2 saturated heterocycles. The van der Waals surface area contributed by atoms with Crippen LogP contribution in [0.15, 0.2) is 79.0 Å². The maximum Gasteiger partial charge on any atom is 0.407 e. The predicted molar refractivity (Wildman–Crippen MR) is 248 cm³/mol. The van der Waals surface area contributed by atoms with E-state index in [-0.39, 0.29) is 24.0 Å². The number of pyridine rings is 1. The van der Waals surface area contributed by atoms with E-state index in [1.165, 1.54) is 12.3 Å². The fourth-order valence-corrected chi connectivity index (χ4v) is 8.87. The Morgan fingerprint density at radius 2 is 1.60 bits per heavy atom. The number of aromatic nitrogens is 1. The van der Waals surface area contributed by atoms with E-state index in [0.717, 1.165) is 27.2 Å². The lowest BCUT2D eigenvalue weighted by atomic mass is 9.98. The fourth-order valence-electron chi connectivity index (χ4n) is 8.87. The highest BCUT2D eigenvalue weighted by molar-refractivity contribution is 6.07. The van der Waals surface area contributed by atoms with Crippen LogP contribution in [0.3, 0.4) is 0 Å². The molecule has 18 heteroatoms. The van der Waals surface area contributed by atoms with E-state index in [9.17, 15) is 38.0 Å². The number of carbonyl (C=O) groups excluding carboxylic acids is 5. The Hall–Kier alpha value is -6.87. The van der Waals surface area contributed by atoms with Gasteiger partial charge in [-0.05, 0) is 93.0 Å². The number of alkyl carbamates (subject to hydrolysis) is 2. The van der Waals surface area contributed by atoms with E-state index in [1.807, 2.05) is 36.4 Å². The van der Waals surface area contributed by atoms with Gasteiger partial charge in [-0.3, -0.25) is 24.3 Å². The molecule has 5 amide bonds. The second-order valence-corrected chi connectivity index (χ2v) is 18.3. The smallest absolute Gasteiger partial charge is 0.407 e. The molecule has 360 valence electrons. The molecule has 1 aromatic heterocycles. The van der Waals surface area contributed by atoms with Gasteiger partial charge in [0, 0.05) is 63.2 Å². The molecule has 1 aliphatic carbocycles. The first-order valence-electron chi connectivity index (χ1n) is 23.1. The third kappa shape index (κ3) is 12.6. The Kier molecular flexibility index (Phi) is 15.7. The first-order valence-corrected chi connectivity index (χ1v) is 23.1. The number of ether oxygens (including phenoxy) is 3. The lowest BCUT2D eigenvalue weighted by molar-refractivity contribution is -0.135. The number of rotatable bonds is 17. The summed E-state index contributed by atoms with van der Waals surface area (Å²) in [6, 6.07) is 22.4. The quantitative estimate of drug-likeness (QED) is 0.102. The van der Waals surface area contributed by atoms with Gasteiger partial charge in [-0.15, -0.1) is 0 Å². The molecule has 3 heterocycles. The van der Waals surface area contributed by atoms with Crippen molar-refractivity contribution in [2.24, 2.45) is 0 Å². The van der Waals surface area contributed by atoms with Crippen molar-refractivity contribution in [3.63, 3.8) is 0 Å². The number of benzene rings is 3. The number of nitrogens with one attached hydrogen (secondary N) is 3. The van der Waals surface area contributed by atoms with Crippen LogP contribution in [0.5, 0.6) is 5.75 Å². The lowest BCUT2D eigenvalue weighted by Crippen LogP contribution is -2.55. The highest BCUT2D eigenvalue weighted by Gasteiger charge is 2.47. The summed E-state index contributed by atoms with van der Waals surface area (Å²) in [6.45, 7) is 7.61. The first-order chi connectivity index (χ1) is 32.6. The van der Waals surface area contributed by atoms with Crippen molar-refractivity contribution in [1.82, 2.24) is 35.6 Å². The number of halogens is 2. The minimum Gasteiger partial charge on any atom is -0.494 e. The van der Waals surface area contributed by atoms with E-state index < -0.39 is 67.1 Å². The monoisotopic (exact) mass is 936 g/mol. The average Bonchev–Trinajstić information content (AvgIpc) is 3.82. The standard InChI is InChI=1S/C50H58F2N8O8/c1-49(2,3)68-47(64)55-19-9-8-15-43(57-48(65)67-31-41-37-13-6-4-11-35(37)36-12-5-7-14-38(36)41)46(63)59-24-22-58(23-25-59)21-10-26-66-34-16-17-42-40(27-34)39(18-20-54-42)45(62)56-30-44(61)60-32-50(51,52)28-33(60)29-53/h4-7,11-14,16-18,20,27,33,41,43H,8-10,15,19,21-26,28,30-32H2,1-3H3,(H,55,64)(H,56,62)(H,57,65)/t33-,43-/m0/s1. The van der Waals surface area contributed by atoms with Crippen molar-refractivity contribution in [2.45, 2.75) is 82.4 Å². The van der Waals surface area contributed by atoms with Gasteiger partial charge in [0.2, 0.25) is 11.8 Å². The molecular weight excluding hydrogens is 879 g/mol. The molecule has 0 unspecified atom stereocenters. The number of carbonyl (C=O) groups is 5. The lowest BCUT2D eigenvalue weighted by Gasteiger charge is -2.36. The van der Waals surface area contributed by atoms with Crippen molar-refractivity contribution in [3.05, 3.63) is 95.7 Å². The molecule has 16 nitrogen and oxygen atoms in total. The van der Waals surface area contributed by atoms with Crippen LogP contribution in [0.1, 0.15) is 80.3 Å². The molecule has 68 heavy (non-hydrogen) atoms. The van der Waals surface area contributed by atoms with Crippen LogP contribution in [-0.4, -0.2) is 139 Å². The van der Waals surface area contributed by atoms with Gasteiger partial charge >= 0.3 is 12.2 Å². The number of alkyl halides is 2. The minimum absolute atomic E-state index is 0.114. The molecule has 2 aliphatic heterocycles. The number of hydrogen-bond acceptors (Lipinski definition) is 11. The van der Waals surface area contributed by atoms with Crippen LogP contribution in [0, 0.1) is 11.3 Å². The molecule has 0 radical (unpaired) electrons. The Balaban J connectivity index is 0.881. The number of hydrogen-bond donors (Lipinski definition) is 3. The van der Waals surface area contributed by atoms with Crippen LogP contribution in [-0.2, 0) is 19.1 Å². The van der Waals surface area contributed by atoms with Crippen molar-refractivity contribution in [2.75, 3.05) is 65.6 Å². The number of unbranched alkanes of at least 4 members (excludes halogenated alkanes) is 1. The van der Waals surface area contributed by atoms with Gasteiger partial charge in [0.25, 0.3) is 11.8 Å². The van der Waals surface area contributed by atoms with Gasteiger partial charge in [0.15, 0.2) is 0 Å². The van der Waals surface area contributed by atoms with Crippen molar-refractivity contribution < 1.29 is 47.0 Å². The predicted octanol–water partition coefficient (Wildman–Crippen LogP) is 6.24. The van der Waals surface area contributed by atoms with E-state index in [1.54, 1.807) is 49.9 Å². The zero-order valence-corrected chi connectivity index (χ0v) is 38.6. The van der Waals surface area contributed by atoms with E-state index >= 15 is 0 Å². The highest BCUT2D eigenvalue weighted by atomic mass is 19.3. The van der Waals surface area contributed by atoms with Crippen LogP contribution in [0.4, 0.5) is 18.4 Å². The van der Waals surface area contributed by atoms with Gasteiger partial charge in [-0.25, -0.2) is 18.4 Å². The Morgan fingerprint density at radius 3 is 2.29 bits per heavy atom. The molecule has 0 spiro atoms. The molecule has 2 fully saturated rings. The summed E-state index contributed by atoms with van der Waals surface area (Å²) in [5, 5.41) is 17.8. The molecule has 3 aromatic carbocycles. The third-order valence-electron chi connectivity index (χ3n) is 12.2. The summed E-state index contributed by atoms with van der Waals surface area (Å²) in [5.74, 6) is -4.38. The summed E-state index contributed by atoms with van der Waals surface area (Å²) in [5.41, 5.74) is 4.50. The fraction of sp³-hybridized carbons (Fsp3) is 0.460. The summed E-state index contributed by atoms with van der Waals surface area (Å²) in [7, 11) is 0. The number of likely N-dealkylation sites (tertiary alicyclic amines) is 1. The third-order valence-corrected chi connectivity index (χ3v) is 12.2. The molecule has 3 aliphatic rings. The van der Waals surface area contributed by atoms with Gasteiger partial charge < -0.3 is 40.0 Å². The van der Waals surface area contributed by atoms with Gasteiger partial charge in [-0.2, -0.15) is 5.26 Å². The summed E-state index contributed by atoms with van der Waals surface area (Å²) < 4.78 is 45.0. The normalized spacial score (nSPS) is 17.1. The van der Waals surface area contributed by atoms with Crippen molar-refractivity contribution in [3.8, 4) is 22.9 Å².